The molecule has 3 fully saturated rings. The number of rotatable bonds is 21. The molecule has 6 aromatic carbocycles. The number of esters is 3. The average molecular weight is 2070 g/mol. The summed E-state index contributed by atoms with van der Waals surface area (Å²) in [5.74, 6) is -8.89. The van der Waals surface area contributed by atoms with Crippen LogP contribution in [0.25, 0.3) is 44.3 Å². The lowest BCUT2D eigenvalue weighted by Crippen LogP contribution is -2.53. The number of carbonyl (C=O) groups excluding carboxylic acids is 6. The maximum atomic E-state index is 15.5. The van der Waals surface area contributed by atoms with Crippen molar-refractivity contribution in [1.82, 2.24) is 34.6 Å². The SMILES string of the molecule is COC(=O)[C@H](Cc1ccc(-c2c(C(F)(F)F)cc(C)n(C)c2=O)c2c1COC2)NC(=O)c1c(C)cc(N2CCOC[C@@H]2C(F)(F)F)cc1F.COC(=O)[C@H](Cc1ccc(-c2c(C)c(C(F)(F)F)cn(C)c2=O)c2c1COC2)NC(=O)c1c(C)cc(N2CCOC[C@@H]2C(F)(F)F)cc1F.COC(=O)[C@H](Cc1ccc(-c2cc3cnccc3n(C)c2=O)c2c1COC2)NC(=O)c1c(C)cc(N2CCOC[C@@H]2C(F)(F)F)cc1F. The summed E-state index contributed by atoms with van der Waals surface area (Å²) in [6, 6.07) is 9.90. The molecule has 46 heteroatoms. The maximum absolute atomic E-state index is 15.5. The number of fused-ring (bicyclic) bond motifs is 4. The summed E-state index contributed by atoms with van der Waals surface area (Å²) in [5.41, 5.74) is 0.529. The van der Waals surface area contributed by atoms with Gasteiger partial charge in [0.2, 0.25) is 0 Å². The first-order valence-corrected chi connectivity index (χ1v) is 45.2. The number of alkyl halides is 15. The third-order valence-corrected chi connectivity index (χ3v) is 26.5. The predicted octanol–water partition coefficient (Wildman–Crippen LogP) is 14.6. The van der Waals surface area contributed by atoms with E-state index in [2.05, 4.69) is 20.9 Å². The van der Waals surface area contributed by atoms with E-state index in [1.807, 2.05) is 0 Å². The topological polar surface area (TPSA) is 310 Å². The van der Waals surface area contributed by atoms with Crippen molar-refractivity contribution < 1.29 is 150 Å². The van der Waals surface area contributed by atoms with Crippen molar-refractivity contribution >= 4 is 63.6 Å². The van der Waals surface area contributed by atoms with Crippen LogP contribution in [0.5, 0.6) is 0 Å². The Balaban J connectivity index is 0.000000173. The van der Waals surface area contributed by atoms with Gasteiger partial charge < -0.3 is 87.0 Å². The van der Waals surface area contributed by atoms with E-state index in [1.54, 1.807) is 48.3 Å². The average Bonchev–Trinajstić information content (AvgIpc) is 1.60. The molecule has 0 unspecified atom stereocenters. The Hall–Kier alpha value is -13.7. The van der Waals surface area contributed by atoms with Gasteiger partial charge in [-0.05, 0) is 178 Å². The number of amides is 3. The molecule has 6 aliphatic rings. The minimum absolute atomic E-state index is 0.00215. The van der Waals surface area contributed by atoms with Crippen LogP contribution in [0.3, 0.4) is 0 Å². The van der Waals surface area contributed by atoms with E-state index < -0.39 is 185 Å². The van der Waals surface area contributed by atoms with E-state index in [-0.39, 0.29) is 166 Å². The molecule has 4 aromatic heterocycles. The number of hydrogen-bond acceptors (Lipinski definition) is 22. The molecule has 6 atom stereocenters. The zero-order valence-corrected chi connectivity index (χ0v) is 79.9. The number of methoxy groups -OCH3 is 3. The Labute approximate surface area is 819 Å². The Morgan fingerprint density at radius 3 is 1.11 bits per heavy atom. The normalized spacial score (nSPS) is 17.0. The van der Waals surface area contributed by atoms with Gasteiger partial charge in [0.1, 0.15) is 53.7 Å². The summed E-state index contributed by atoms with van der Waals surface area (Å²) < 4.78 is 303. The van der Waals surface area contributed by atoms with Gasteiger partial charge in [-0.1, -0.05) is 36.4 Å². The first kappa shape index (κ1) is 108. The molecule has 28 nitrogen and oxygen atoms in total. The number of nitrogens with one attached hydrogen (secondary N) is 3. The molecule has 6 aliphatic heterocycles. The van der Waals surface area contributed by atoms with Crippen molar-refractivity contribution in [2.24, 2.45) is 21.1 Å². The van der Waals surface area contributed by atoms with E-state index in [4.69, 9.17) is 42.6 Å². The van der Waals surface area contributed by atoms with Gasteiger partial charge in [-0.15, -0.1) is 0 Å². The Bertz CT molecular complexity index is 6910. The standard InChI is InChI=1S/C34H32F4N4O6.2C33H32F7N3O6/c1-18-10-21(42-8-9-47-17-29(42)34(36,37)38)13-26(35)30(18)31(43)40-27(33(45)46-3)12-19-4-5-22(25-16-48-15-24(19)25)23-11-20-14-39-7-6-28(20)41(2)32(23)44;1-16-9-19(43-7-8-48-15-26(43)33(38,39)40)11-24(34)27(16)29(44)41-25(31(46)47-4)10-18-5-6-20(22-14-49-13-21(18)22)28-17(2)23(32(35,36)37)12-42(3)30(28)45;1-16-9-19(43-7-8-48-15-26(43)33(38,39)40)12-24(34)27(16)29(44)41-25(31(46)47-4)11-18-5-6-20(22-14-49-13-21(18)22)28-23(32(35,36)37)10-17(2)42(3)30(28)45/h4-7,10-11,13-14,27,29H,8-9,12,15-17H2,1-3H3,(H,40,43);5-6,9,11-12,25-26H,7-8,10,13-15H2,1-4H3,(H,41,44);5-6,9-10,12,25-26H,7-8,11,13-15H2,1-4H3,(H,41,44)/t27-,29+;2*25-,26+/m000/s1. The van der Waals surface area contributed by atoms with Crippen molar-refractivity contribution in [3.63, 3.8) is 0 Å². The second-order valence-electron chi connectivity index (χ2n) is 35.5. The van der Waals surface area contributed by atoms with Crippen LogP contribution in [-0.4, -0.2) is 190 Å². The van der Waals surface area contributed by atoms with Crippen LogP contribution in [0.1, 0.15) is 120 Å². The second-order valence-corrected chi connectivity index (χ2v) is 35.5. The highest BCUT2D eigenvalue weighted by Gasteiger charge is 2.50. The van der Waals surface area contributed by atoms with Gasteiger partial charge >= 0.3 is 48.8 Å². The van der Waals surface area contributed by atoms with Gasteiger partial charge in [0.25, 0.3) is 34.4 Å². The molecule has 0 saturated carbocycles. The zero-order chi connectivity index (χ0) is 106. The summed E-state index contributed by atoms with van der Waals surface area (Å²) in [4.78, 5) is 125. The van der Waals surface area contributed by atoms with Crippen LogP contribution in [0.15, 0.2) is 124 Å². The molecule has 0 bridgehead atoms. The van der Waals surface area contributed by atoms with Crippen molar-refractivity contribution in [1.29, 1.82) is 0 Å². The molecule has 16 rings (SSSR count). The molecule has 3 amide bonds. The zero-order valence-electron chi connectivity index (χ0n) is 79.9. The third kappa shape index (κ3) is 22.5. The highest BCUT2D eigenvalue weighted by atomic mass is 19.4. The van der Waals surface area contributed by atoms with Crippen LogP contribution >= 0.6 is 0 Å². The molecule has 3 saturated heterocycles. The van der Waals surface area contributed by atoms with Crippen molar-refractivity contribution in [3.05, 3.63) is 264 Å². The fourth-order valence-electron chi connectivity index (χ4n) is 19.0. The van der Waals surface area contributed by atoms with Crippen molar-refractivity contribution in [2.45, 2.75) is 161 Å². The molecular formula is C100H96F18N10O18. The van der Waals surface area contributed by atoms with Gasteiger partial charge in [-0.3, -0.25) is 33.8 Å². The van der Waals surface area contributed by atoms with Crippen LogP contribution in [0, 0.1) is 52.1 Å². The molecule has 146 heavy (non-hydrogen) atoms. The smallest absolute Gasteiger partial charge is 0.418 e. The number of hydrogen-bond donors (Lipinski definition) is 3. The number of benzene rings is 6. The number of carbonyl (C=O) groups is 6. The lowest BCUT2D eigenvalue weighted by atomic mass is 9.89. The molecular weight excluding hydrogens is 1970 g/mol. The summed E-state index contributed by atoms with van der Waals surface area (Å²) in [5, 5.41) is 8.20. The molecule has 10 aromatic rings. The summed E-state index contributed by atoms with van der Waals surface area (Å²) in [7, 11) is 7.55. The van der Waals surface area contributed by atoms with E-state index in [9.17, 15) is 109 Å². The van der Waals surface area contributed by atoms with Gasteiger partial charge in [-0.2, -0.15) is 65.9 Å². The molecule has 0 spiro atoms. The first-order chi connectivity index (χ1) is 68.7. The van der Waals surface area contributed by atoms with Gasteiger partial charge in [0.05, 0.1) is 145 Å². The maximum Gasteiger partial charge on any atom is 0.418 e. The van der Waals surface area contributed by atoms with E-state index in [0.717, 1.165) is 97.7 Å². The highest BCUT2D eigenvalue weighted by Crippen LogP contribution is 2.45. The lowest BCUT2D eigenvalue weighted by Gasteiger charge is -2.38. The van der Waals surface area contributed by atoms with Gasteiger partial charge in [0.15, 0.2) is 0 Å². The largest absolute Gasteiger partial charge is 0.467 e. The molecule has 10 heterocycles. The number of ether oxygens (including phenoxy) is 9. The van der Waals surface area contributed by atoms with Crippen LogP contribution in [0.2, 0.25) is 0 Å². The quantitative estimate of drug-likeness (QED) is 0.0342. The molecule has 0 aliphatic carbocycles. The van der Waals surface area contributed by atoms with Crippen LogP contribution in [0.4, 0.5) is 96.1 Å². The van der Waals surface area contributed by atoms with E-state index in [1.165, 1.54) is 91.2 Å². The summed E-state index contributed by atoms with van der Waals surface area (Å²) in [6.07, 6.45) is -20.0. The van der Waals surface area contributed by atoms with E-state index >= 15 is 13.2 Å². The minimum Gasteiger partial charge on any atom is -0.467 e. The number of halogens is 18. The number of nitrogens with zero attached hydrogens (tertiary/aromatic N) is 7. The number of morpholine rings is 3. The van der Waals surface area contributed by atoms with E-state index in [0.29, 0.717) is 50.1 Å². The second kappa shape index (κ2) is 43.1. The lowest BCUT2D eigenvalue weighted by molar-refractivity contribution is -0.167. The monoisotopic (exact) mass is 2070 g/mol. The number of aryl methyl sites for hydroxylation is 6. The van der Waals surface area contributed by atoms with Gasteiger partial charge in [-0.25, -0.2) is 27.6 Å². The predicted molar refractivity (Wildman–Crippen MR) is 490 cm³/mol. The third-order valence-electron chi connectivity index (χ3n) is 26.5. The number of anilines is 3. The first-order valence-electron chi connectivity index (χ1n) is 45.2. The van der Waals surface area contributed by atoms with Crippen LogP contribution in [-0.2, 0) is 149 Å². The van der Waals surface area contributed by atoms with Crippen molar-refractivity contribution in [3.8, 4) is 33.4 Å². The Kier molecular flexibility index (Phi) is 31.9. The Morgan fingerprint density at radius 2 is 0.760 bits per heavy atom. The number of aromatic nitrogens is 4. The highest BCUT2D eigenvalue weighted by molar-refractivity contribution is 6.01. The van der Waals surface area contributed by atoms with Crippen LogP contribution < -0.4 is 47.3 Å². The Morgan fingerprint density at radius 1 is 0.411 bits per heavy atom. The number of pyridine rings is 4. The minimum atomic E-state index is -4.84. The van der Waals surface area contributed by atoms with Gasteiger partial charge in [0, 0.05) is 112 Å². The summed E-state index contributed by atoms with van der Waals surface area (Å²) >= 11 is 0. The molecule has 3 N–H and O–H groups in total. The fourth-order valence-corrected chi connectivity index (χ4v) is 19.0. The molecule has 780 valence electrons. The molecule has 0 radical (unpaired) electrons. The summed E-state index contributed by atoms with van der Waals surface area (Å²) in [6.45, 7) is 4.55. The fraction of sp³-hybridized carbons (Fsp3) is 0.400. The van der Waals surface area contributed by atoms with Crippen molar-refractivity contribution in [2.75, 3.05) is 95.3 Å².